The molecule has 0 saturated carbocycles. The molecule has 0 aliphatic heterocycles. The third-order valence-electron chi connectivity index (χ3n) is 4.68. The SMILES string of the molecule is CCCCC(C)C(C)(N)C(C)CCCCCNC. The van der Waals surface area contributed by atoms with Gasteiger partial charge < -0.3 is 11.1 Å². The Morgan fingerprint density at radius 1 is 1.00 bits per heavy atom. The van der Waals surface area contributed by atoms with Crippen LogP contribution in [0, 0.1) is 11.8 Å². The van der Waals surface area contributed by atoms with Crippen LogP contribution in [0.5, 0.6) is 0 Å². The van der Waals surface area contributed by atoms with E-state index in [1.807, 2.05) is 7.05 Å². The first kappa shape index (κ1) is 17.9. The summed E-state index contributed by atoms with van der Waals surface area (Å²) in [4.78, 5) is 0. The first-order chi connectivity index (χ1) is 8.46. The van der Waals surface area contributed by atoms with Gasteiger partial charge >= 0.3 is 0 Å². The van der Waals surface area contributed by atoms with Crippen LogP contribution >= 0.6 is 0 Å². The zero-order valence-corrected chi connectivity index (χ0v) is 13.4. The molecule has 0 spiro atoms. The highest BCUT2D eigenvalue weighted by Gasteiger charge is 2.31. The van der Waals surface area contributed by atoms with Gasteiger partial charge in [-0.2, -0.15) is 0 Å². The van der Waals surface area contributed by atoms with Crippen molar-refractivity contribution in [2.75, 3.05) is 13.6 Å². The molecule has 3 unspecified atom stereocenters. The predicted molar refractivity (Wildman–Crippen MR) is 82.8 cm³/mol. The van der Waals surface area contributed by atoms with E-state index in [-0.39, 0.29) is 5.54 Å². The smallest absolute Gasteiger partial charge is 0.0177 e. The van der Waals surface area contributed by atoms with E-state index in [4.69, 9.17) is 5.73 Å². The van der Waals surface area contributed by atoms with E-state index in [1.165, 1.54) is 44.9 Å². The summed E-state index contributed by atoms with van der Waals surface area (Å²) < 4.78 is 0. The van der Waals surface area contributed by atoms with Gasteiger partial charge in [0.05, 0.1) is 0 Å². The average molecular weight is 256 g/mol. The van der Waals surface area contributed by atoms with Crippen molar-refractivity contribution >= 4 is 0 Å². The molecule has 3 atom stereocenters. The molecule has 3 N–H and O–H groups in total. The summed E-state index contributed by atoms with van der Waals surface area (Å²) in [7, 11) is 2.02. The van der Waals surface area contributed by atoms with Crippen molar-refractivity contribution < 1.29 is 0 Å². The lowest BCUT2D eigenvalue weighted by atomic mass is 9.74. The Balaban J connectivity index is 3.93. The molecule has 0 bridgehead atoms. The van der Waals surface area contributed by atoms with Crippen molar-refractivity contribution in [2.24, 2.45) is 17.6 Å². The third kappa shape index (κ3) is 6.75. The lowest BCUT2D eigenvalue weighted by molar-refractivity contribution is 0.194. The molecular weight excluding hydrogens is 220 g/mol. The molecule has 0 aromatic carbocycles. The van der Waals surface area contributed by atoms with Crippen LogP contribution < -0.4 is 11.1 Å². The van der Waals surface area contributed by atoms with E-state index in [2.05, 4.69) is 33.0 Å². The van der Waals surface area contributed by atoms with Gasteiger partial charge in [-0.1, -0.05) is 46.5 Å². The molecule has 0 aromatic heterocycles. The minimum atomic E-state index is -0.00181. The van der Waals surface area contributed by atoms with Gasteiger partial charge in [-0.25, -0.2) is 0 Å². The minimum Gasteiger partial charge on any atom is -0.325 e. The fourth-order valence-corrected chi connectivity index (χ4v) is 2.55. The van der Waals surface area contributed by atoms with Gasteiger partial charge in [0, 0.05) is 5.54 Å². The summed E-state index contributed by atoms with van der Waals surface area (Å²) >= 11 is 0. The molecule has 110 valence electrons. The van der Waals surface area contributed by atoms with E-state index in [9.17, 15) is 0 Å². The van der Waals surface area contributed by atoms with Gasteiger partial charge in [-0.15, -0.1) is 0 Å². The van der Waals surface area contributed by atoms with Gasteiger partial charge in [0.25, 0.3) is 0 Å². The second-order valence-electron chi connectivity index (χ2n) is 6.26. The summed E-state index contributed by atoms with van der Waals surface area (Å²) in [5, 5.41) is 3.20. The van der Waals surface area contributed by atoms with Gasteiger partial charge in [-0.05, 0) is 51.6 Å². The molecule has 0 aromatic rings. The Bertz CT molecular complexity index is 190. The molecule has 2 heteroatoms. The van der Waals surface area contributed by atoms with E-state index < -0.39 is 0 Å². The van der Waals surface area contributed by atoms with Crippen molar-refractivity contribution in [3.05, 3.63) is 0 Å². The fourth-order valence-electron chi connectivity index (χ4n) is 2.55. The van der Waals surface area contributed by atoms with Crippen LogP contribution in [0.3, 0.4) is 0 Å². The van der Waals surface area contributed by atoms with Crippen molar-refractivity contribution in [3.63, 3.8) is 0 Å². The molecular formula is C16H36N2. The number of hydrogen-bond donors (Lipinski definition) is 2. The number of nitrogens with two attached hydrogens (primary N) is 1. The molecule has 0 aliphatic carbocycles. The van der Waals surface area contributed by atoms with Crippen LogP contribution in [0.4, 0.5) is 0 Å². The first-order valence-corrected chi connectivity index (χ1v) is 7.90. The van der Waals surface area contributed by atoms with E-state index >= 15 is 0 Å². The lowest BCUT2D eigenvalue weighted by Crippen LogP contribution is -2.48. The summed E-state index contributed by atoms with van der Waals surface area (Å²) in [6.45, 7) is 10.3. The molecule has 0 saturated heterocycles. The highest BCUT2D eigenvalue weighted by Crippen LogP contribution is 2.30. The van der Waals surface area contributed by atoms with Crippen LogP contribution in [-0.4, -0.2) is 19.1 Å². The molecule has 0 rings (SSSR count). The number of rotatable bonds is 11. The predicted octanol–water partition coefficient (Wildman–Crippen LogP) is 3.95. The zero-order valence-electron chi connectivity index (χ0n) is 13.4. The number of hydrogen-bond acceptors (Lipinski definition) is 2. The maximum absolute atomic E-state index is 6.57. The van der Waals surface area contributed by atoms with Crippen LogP contribution in [0.2, 0.25) is 0 Å². The Morgan fingerprint density at radius 3 is 2.06 bits per heavy atom. The standard InChI is InChI=1S/C16H36N2/c1-6-7-11-14(2)16(4,17)15(3)12-9-8-10-13-18-5/h14-15,18H,6-13,17H2,1-5H3. The normalized spacial score (nSPS) is 18.3. The van der Waals surface area contributed by atoms with Crippen LogP contribution in [0.25, 0.3) is 0 Å². The summed E-state index contributed by atoms with van der Waals surface area (Å²) in [6, 6.07) is 0. The maximum atomic E-state index is 6.57. The molecule has 0 heterocycles. The summed E-state index contributed by atoms with van der Waals surface area (Å²) in [6.07, 6.45) is 9.05. The topological polar surface area (TPSA) is 38.0 Å². The molecule has 0 fully saturated rings. The molecule has 0 radical (unpaired) electrons. The molecule has 18 heavy (non-hydrogen) atoms. The van der Waals surface area contributed by atoms with Crippen molar-refractivity contribution in [2.45, 2.75) is 78.2 Å². The fraction of sp³-hybridized carbons (Fsp3) is 1.00. The summed E-state index contributed by atoms with van der Waals surface area (Å²) in [5.41, 5.74) is 6.57. The highest BCUT2D eigenvalue weighted by atomic mass is 14.8. The van der Waals surface area contributed by atoms with Gasteiger partial charge in [0.15, 0.2) is 0 Å². The largest absolute Gasteiger partial charge is 0.325 e. The molecule has 2 nitrogen and oxygen atoms in total. The molecule has 0 aliphatic rings. The van der Waals surface area contributed by atoms with Crippen LogP contribution in [-0.2, 0) is 0 Å². The monoisotopic (exact) mass is 256 g/mol. The Morgan fingerprint density at radius 2 is 1.56 bits per heavy atom. The van der Waals surface area contributed by atoms with Crippen LogP contribution in [0.1, 0.15) is 72.6 Å². The second-order valence-corrected chi connectivity index (χ2v) is 6.26. The second kappa shape index (κ2) is 9.80. The maximum Gasteiger partial charge on any atom is 0.0177 e. The van der Waals surface area contributed by atoms with Gasteiger partial charge in [-0.3, -0.25) is 0 Å². The van der Waals surface area contributed by atoms with E-state index in [0.717, 1.165) is 6.54 Å². The minimum absolute atomic E-state index is 0.00181. The average Bonchev–Trinajstić information content (AvgIpc) is 2.35. The van der Waals surface area contributed by atoms with Crippen molar-refractivity contribution in [1.82, 2.24) is 5.32 Å². The van der Waals surface area contributed by atoms with Crippen molar-refractivity contribution in [3.8, 4) is 0 Å². The highest BCUT2D eigenvalue weighted by molar-refractivity contribution is 4.89. The van der Waals surface area contributed by atoms with Crippen molar-refractivity contribution in [1.29, 1.82) is 0 Å². The van der Waals surface area contributed by atoms with Crippen LogP contribution in [0.15, 0.2) is 0 Å². The van der Waals surface area contributed by atoms with Gasteiger partial charge in [0.1, 0.15) is 0 Å². The Hall–Kier alpha value is -0.0800. The van der Waals surface area contributed by atoms with E-state index in [0.29, 0.717) is 11.8 Å². The Labute approximate surface area is 115 Å². The molecule has 0 amide bonds. The number of unbranched alkanes of at least 4 members (excludes halogenated alkanes) is 3. The summed E-state index contributed by atoms with van der Waals surface area (Å²) in [5.74, 6) is 1.25. The lowest BCUT2D eigenvalue weighted by Gasteiger charge is -2.38. The van der Waals surface area contributed by atoms with E-state index in [1.54, 1.807) is 0 Å². The quantitative estimate of drug-likeness (QED) is 0.549. The third-order valence-corrected chi connectivity index (χ3v) is 4.68. The first-order valence-electron chi connectivity index (χ1n) is 7.90. The van der Waals surface area contributed by atoms with Gasteiger partial charge in [0.2, 0.25) is 0 Å². The zero-order chi connectivity index (χ0) is 14.0. The Kier molecular flexibility index (Phi) is 9.76. The number of nitrogens with one attached hydrogen (secondary N) is 1.